The van der Waals surface area contributed by atoms with Crippen molar-refractivity contribution in [2.24, 2.45) is 0 Å². The minimum absolute atomic E-state index is 0.362. The van der Waals surface area contributed by atoms with E-state index in [4.69, 9.17) is 17.3 Å². The number of halogens is 2. The number of pyridine rings is 1. The quantitative estimate of drug-likeness (QED) is 0.735. The highest BCUT2D eigenvalue weighted by Gasteiger charge is 2.06. The van der Waals surface area contributed by atoms with Gasteiger partial charge in [0.15, 0.2) is 0 Å². The molecule has 0 aromatic carbocycles. The zero-order valence-electron chi connectivity index (χ0n) is 6.33. The highest BCUT2D eigenvalue weighted by molar-refractivity contribution is 9.10. The van der Waals surface area contributed by atoms with Gasteiger partial charge in [-0.15, -0.1) is 0 Å². The van der Waals surface area contributed by atoms with E-state index in [9.17, 15) is 0 Å². The topological polar surface area (TPSA) is 64.7 Å². The summed E-state index contributed by atoms with van der Waals surface area (Å²) in [5.74, 6) is 0.398. The van der Waals surface area contributed by atoms with Gasteiger partial charge in [0, 0.05) is 5.39 Å². The third-order valence-electron chi connectivity index (χ3n) is 1.58. The second kappa shape index (κ2) is 3.08. The summed E-state index contributed by atoms with van der Waals surface area (Å²) in [6, 6.07) is 1.64. The largest absolute Gasteiger partial charge is 0.383 e. The Balaban J connectivity index is 2.94. The summed E-state index contributed by atoms with van der Waals surface area (Å²) in [6.45, 7) is 0. The zero-order valence-corrected chi connectivity index (χ0v) is 8.67. The Labute approximate surface area is 87.3 Å². The molecule has 0 amide bonds. The smallest absolute Gasteiger partial charge is 0.134 e. The van der Waals surface area contributed by atoms with Crippen LogP contribution in [0, 0.1) is 0 Å². The van der Waals surface area contributed by atoms with Gasteiger partial charge in [0.25, 0.3) is 0 Å². The summed E-state index contributed by atoms with van der Waals surface area (Å²) in [5.41, 5.74) is 6.30. The van der Waals surface area contributed by atoms with Crippen LogP contribution in [0.2, 0.25) is 5.15 Å². The predicted molar refractivity (Wildman–Crippen MR) is 54.5 cm³/mol. The van der Waals surface area contributed by atoms with E-state index in [1.54, 1.807) is 6.07 Å². The highest BCUT2D eigenvalue weighted by Crippen LogP contribution is 2.25. The predicted octanol–water partition coefficient (Wildman–Crippen LogP) is 2.02. The summed E-state index contributed by atoms with van der Waals surface area (Å²) in [5, 5.41) is 1.07. The van der Waals surface area contributed by atoms with Crippen molar-refractivity contribution in [2.45, 2.75) is 0 Å². The van der Waals surface area contributed by atoms with Crippen molar-refractivity contribution in [2.75, 3.05) is 5.73 Å². The molecule has 0 unspecified atom stereocenters. The molecular formula is C7H4BrClN4. The zero-order chi connectivity index (χ0) is 9.42. The number of aromatic nitrogens is 3. The lowest BCUT2D eigenvalue weighted by atomic mass is 10.3. The second-order valence-electron chi connectivity index (χ2n) is 2.39. The molecule has 6 heteroatoms. The van der Waals surface area contributed by atoms with E-state index in [1.165, 1.54) is 6.33 Å². The molecule has 4 nitrogen and oxygen atoms in total. The van der Waals surface area contributed by atoms with Gasteiger partial charge in [-0.1, -0.05) is 11.6 Å². The minimum Gasteiger partial charge on any atom is -0.383 e. The van der Waals surface area contributed by atoms with E-state index in [-0.39, 0.29) is 0 Å². The van der Waals surface area contributed by atoms with E-state index in [1.807, 2.05) is 0 Å². The molecule has 0 saturated carbocycles. The molecule has 2 rings (SSSR count). The molecule has 66 valence electrons. The van der Waals surface area contributed by atoms with Crippen LogP contribution in [0.1, 0.15) is 0 Å². The van der Waals surface area contributed by atoms with Crippen LogP contribution < -0.4 is 5.73 Å². The summed E-state index contributed by atoms with van der Waals surface area (Å²) in [4.78, 5) is 11.9. The van der Waals surface area contributed by atoms with Gasteiger partial charge in [-0.2, -0.15) is 0 Å². The molecule has 13 heavy (non-hydrogen) atoms. The number of fused-ring (bicyclic) bond motifs is 1. The molecule has 2 N–H and O–H groups in total. The average molecular weight is 259 g/mol. The summed E-state index contributed by atoms with van der Waals surface area (Å²) in [7, 11) is 0. The van der Waals surface area contributed by atoms with Crippen molar-refractivity contribution in [1.29, 1.82) is 0 Å². The van der Waals surface area contributed by atoms with E-state index < -0.39 is 0 Å². The first-order chi connectivity index (χ1) is 6.18. The SMILES string of the molecule is Nc1ncnc2c(Br)nc(Cl)cc12. The van der Waals surface area contributed by atoms with Crippen LogP contribution in [-0.2, 0) is 0 Å². The van der Waals surface area contributed by atoms with Crippen LogP contribution in [-0.4, -0.2) is 15.0 Å². The van der Waals surface area contributed by atoms with Crippen molar-refractivity contribution in [3.05, 3.63) is 22.1 Å². The van der Waals surface area contributed by atoms with E-state index >= 15 is 0 Å². The van der Waals surface area contributed by atoms with Gasteiger partial charge in [-0.3, -0.25) is 0 Å². The van der Waals surface area contributed by atoms with Crippen LogP contribution in [0.3, 0.4) is 0 Å². The van der Waals surface area contributed by atoms with Crippen LogP contribution in [0.5, 0.6) is 0 Å². The molecule has 0 aliphatic carbocycles. The number of rotatable bonds is 0. The normalized spacial score (nSPS) is 10.6. The molecule has 0 bridgehead atoms. The molecule has 0 spiro atoms. The fourth-order valence-corrected chi connectivity index (χ4v) is 1.82. The summed E-state index contributed by atoms with van der Waals surface area (Å²) in [6.07, 6.45) is 1.39. The monoisotopic (exact) mass is 258 g/mol. The number of nitrogens with zero attached hydrogens (tertiary/aromatic N) is 3. The number of anilines is 1. The standard InChI is InChI=1S/C7H4BrClN4/c8-6-5-3(1-4(9)13-6)7(10)12-2-11-5/h1-2H,(H2,10,11,12). The molecule has 2 aromatic rings. The maximum absolute atomic E-state index is 5.74. The molecule has 0 aliphatic heterocycles. The van der Waals surface area contributed by atoms with Gasteiger partial charge in [0.05, 0.1) is 0 Å². The molecular weight excluding hydrogens is 255 g/mol. The fraction of sp³-hybridized carbons (Fsp3) is 0. The lowest BCUT2D eigenvalue weighted by Gasteiger charge is -2.01. The Morgan fingerprint density at radius 2 is 2.15 bits per heavy atom. The first-order valence-corrected chi connectivity index (χ1v) is 4.58. The lowest BCUT2D eigenvalue weighted by molar-refractivity contribution is 1.19. The first kappa shape index (κ1) is 8.65. The van der Waals surface area contributed by atoms with Crippen LogP contribution in [0.4, 0.5) is 5.82 Å². The number of nitrogens with two attached hydrogens (primary N) is 1. The minimum atomic E-state index is 0.362. The summed E-state index contributed by atoms with van der Waals surface area (Å²) >= 11 is 8.98. The van der Waals surface area contributed by atoms with Crippen LogP contribution in [0.15, 0.2) is 17.0 Å². The van der Waals surface area contributed by atoms with Gasteiger partial charge in [0.1, 0.15) is 27.4 Å². The number of hydrogen-bond acceptors (Lipinski definition) is 4. The molecule has 0 saturated heterocycles. The van der Waals surface area contributed by atoms with Crippen molar-refractivity contribution >= 4 is 44.3 Å². The van der Waals surface area contributed by atoms with Crippen molar-refractivity contribution < 1.29 is 0 Å². The first-order valence-electron chi connectivity index (χ1n) is 3.40. The van der Waals surface area contributed by atoms with Crippen molar-refractivity contribution in [1.82, 2.24) is 15.0 Å². The second-order valence-corrected chi connectivity index (χ2v) is 3.53. The van der Waals surface area contributed by atoms with Gasteiger partial charge < -0.3 is 5.73 Å². The van der Waals surface area contributed by atoms with Crippen LogP contribution in [0.25, 0.3) is 10.9 Å². The third kappa shape index (κ3) is 1.45. The number of nitrogen functional groups attached to an aromatic ring is 1. The van der Waals surface area contributed by atoms with Gasteiger partial charge in [-0.25, -0.2) is 15.0 Å². The molecule has 0 atom stereocenters. The summed E-state index contributed by atoms with van der Waals surface area (Å²) < 4.78 is 0.573. The molecule has 0 aliphatic rings. The molecule has 2 aromatic heterocycles. The van der Waals surface area contributed by atoms with Crippen molar-refractivity contribution in [3.63, 3.8) is 0 Å². The average Bonchev–Trinajstić information content (AvgIpc) is 2.07. The Bertz CT molecular complexity index is 473. The lowest BCUT2D eigenvalue weighted by Crippen LogP contribution is -1.94. The fourth-order valence-electron chi connectivity index (χ4n) is 1.01. The third-order valence-corrected chi connectivity index (χ3v) is 2.33. The van der Waals surface area contributed by atoms with Gasteiger partial charge in [-0.05, 0) is 22.0 Å². The molecule has 2 heterocycles. The van der Waals surface area contributed by atoms with E-state index in [0.29, 0.717) is 26.5 Å². The maximum atomic E-state index is 5.74. The van der Waals surface area contributed by atoms with Crippen molar-refractivity contribution in [3.8, 4) is 0 Å². The Morgan fingerprint density at radius 3 is 2.92 bits per heavy atom. The Hall–Kier alpha value is -0.940. The highest BCUT2D eigenvalue weighted by atomic mass is 79.9. The number of hydrogen-bond donors (Lipinski definition) is 1. The molecule has 0 fully saturated rings. The van der Waals surface area contributed by atoms with E-state index in [0.717, 1.165) is 0 Å². The molecule has 0 radical (unpaired) electrons. The van der Waals surface area contributed by atoms with Gasteiger partial charge in [0.2, 0.25) is 0 Å². The Kier molecular flexibility index (Phi) is 2.05. The Morgan fingerprint density at radius 1 is 1.38 bits per heavy atom. The van der Waals surface area contributed by atoms with E-state index in [2.05, 4.69) is 30.9 Å². The van der Waals surface area contributed by atoms with Gasteiger partial charge >= 0.3 is 0 Å². The maximum Gasteiger partial charge on any atom is 0.134 e. The van der Waals surface area contributed by atoms with Crippen LogP contribution >= 0.6 is 27.5 Å².